The van der Waals surface area contributed by atoms with E-state index in [0.717, 1.165) is 13.8 Å². The summed E-state index contributed by atoms with van der Waals surface area (Å²) in [6.07, 6.45) is 0. The number of aliphatic carboxylic acids is 1. The van der Waals surface area contributed by atoms with Crippen molar-refractivity contribution in [3.8, 4) is 5.75 Å². The second-order valence-corrected chi connectivity index (χ2v) is 4.51. The maximum Gasteiger partial charge on any atom is 0.329 e. The number of carboxylic acid groups (broad SMARTS) is 1. The quantitative estimate of drug-likeness (QED) is 0.851. The van der Waals surface area contributed by atoms with Crippen LogP contribution in [0.2, 0.25) is 0 Å². The van der Waals surface area contributed by atoms with E-state index in [4.69, 9.17) is 9.84 Å². The van der Waals surface area contributed by atoms with Crippen LogP contribution >= 0.6 is 0 Å². The standard InChI is InChI=1S/C13H16FNO4/c1-13(2,14)10(12(17)18)15-11(16)8-6-4-5-7-9(8)19-3/h4-7,10H,1-3H3,(H,15,16)(H,17,18). The molecule has 1 atom stereocenters. The van der Waals surface area contributed by atoms with Crippen LogP contribution in [0.3, 0.4) is 0 Å². The number of ether oxygens (including phenoxy) is 1. The molecule has 0 bridgehead atoms. The summed E-state index contributed by atoms with van der Waals surface area (Å²) in [7, 11) is 1.39. The van der Waals surface area contributed by atoms with E-state index in [1.165, 1.54) is 13.2 Å². The van der Waals surface area contributed by atoms with Gasteiger partial charge >= 0.3 is 5.97 Å². The van der Waals surface area contributed by atoms with Gasteiger partial charge in [0.15, 0.2) is 6.04 Å². The lowest BCUT2D eigenvalue weighted by molar-refractivity contribution is -0.142. The van der Waals surface area contributed by atoms with E-state index in [0.29, 0.717) is 5.75 Å². The molecule has 0 saturated carbocycles. The lowest BCUT2D eigenvalue weighted by atomic mass is 10.0. The molecule has 5 nitrogen and oxygen atoms in total. The molecule has 0 aromatic heterocycles. The fourth-order valence-corrected chi connectivity index (χ4v) is 1.57. The van der Waals surface area contributed by atoms with Crippen molar-refractivity contribution in [2.45, 2.75) is 25.6 Å². The zero-order chi connectivity index (χ0) is 14.6. The number of halogens is 1. The van der Waals surface area contributed by atoms with E-state index in [9.17, 15) is 14.0 Å². The molecule has 19 heavy (non-hydrogen) atoms. The Morgan fingerprint density at radius 3 is 2.42 bits per heavy atom. The Balaban J connectivity index is 2.98. The molecule has 0 radical (unpaired) electrons. The van der Waals surface area contributed by atoms with Crippen molar-refractivity contribution in [3.63, 3.8) is 0 Å². The van der Waals surface area contributed by atoms with Gasteiger partial charge in [-0.1, -0.05) is 12.1 Å². The molecule has 1 rings (SSSR count). The Kier molecular flexibility index (Phi) is 4.47. The number of carboxylic acids is 1. The number of nitrogens with one attached hydrogen (secondary N) is 1. The van der Waals surface area contributed by atoms with Crippen LogP contribution in [0.1, 0.15) is 24.2 Å². The Hall–Kier alpha value is -2.11. The van der Waals surface area contributed by atoms with E-state index in [-0.39, 0.29) is 5.56 Å². The molecular weight excluding hydrogens is 253 g/mol. The minimum absolute atomic E-state index is 0.153. The van der Waals surface area contributed by atoms with Gasteiger partial charge in [-0.3, -0.25) is 4.79 Å². The molecule has 0 fully saturated rings. The smallest absolute Gasteiger partial charge is 0.329 e. The molecule has 0 spiro atoms. The molecule has 2 N–H and O–H groups in total. The fraction of sp³-hybridized carbons (Fsp3) is 0.385. The molecule has 6 heteroatoms. The number of hydrogen-bond donors (Lipinski definition) is 2. The second-order valence-electron chi connectivity index (χ2n) is 4.51. The van der Waals surface area contributed by atoms with Gasteiger partial charge in [-0.2, -0.15) is 0 Å². The number of carbonyl (C=O) groups is 2. The van der Waals surface area contributed by atoms with Crippen molar-refractivity contribution in [1.82, 2.24) is 5.32 Å². The number of hydrogen-bond acceptors (Lipinski definition) is 3. The number of benzene rings is 1. The van der Waals surface area contributed by atoms with Gasteiger partial charge in [0.25, 0.3) is 5.91 Å². The van der Waals surface area contributed by atoms with E-state index < -0.39 is 23.6 Å². The van der Waals surface area contributed by atoms with Gasteiger partial charge in [-0.25, -0.2) is 9.18 Å². The topological polar surface area (TPSA) is 75.6 Å². The van der Waals surface area contributed by atoms with E-state index in [1.54, 1.807) is 18.2 Å². The van der Waals surface area contributed by atoms with Gasteiger partial charge in [0.05, 0.1) is 12.7 Å². The van der Waals surface area contributed by atoms with Gasteiger partial charge in [0.2, 0.25) is 0 Å². The zero-order valence-electron chi connectivity index (χ0n) is 10.9. The summed E-state index contributed by atoms with van der Waals surface area (Å²) in [5.41, 5.74) is -1.93. The van der Waals surface area contributed by atoms with Gasteiger partial charge < -0.3 is 15.2 Å². The predicted octanol–water partition coefficient (Wildman–Crippen LogP) is 1.63. The molecule has 104 valence electrons. The maximum absolute atomic E-state index is 13.7. The van der Waals surface area contributed by atoms with Crippen molar-refractivity contribution in [3.05, 3.63) is 29.8 Å². The third-order valence-corrected chi connectivity index (χ3v) is 2.56. The average Bonchev–Trinajstić information content (AvgIpc) is 2.33. The highest BCUT2D eigenvalue weighted by molar-refractivity contribution is 5.99. The largest absolute Gasteiger partial charge is 0.496 e. The van der Waals surface area contributed by atoms with Crippen LogP contribution in [0.25, 0.3) is 0 Å². The monoisotopic (exact) mass is 269 g/mol. The lowest BCUT2D eigenvalue weighted by Gasteiger charge is -2.24. The van der Waals surface area contributed by atoms with Crippen LogP contribution in [0.4, 0.5) is 4.39 Å². The summed E-state index contributed by atoms with van der Waals surface area (Å²) in [5.74, 6) is -1.84. The molecule has 1 amide bonds. The third-order valence-electron chi connectivity index (χ3n) is 2.56. The molecular formula is C13H16FNO4. The minimum atomic E-state index is -2.08. The highest BCUT2D eigenvalue weighted by atomic mass is 19.1. The predicted molar refractivity (Wildman–Crippen MR) is 67.1 cm³/mol. The highest BCUT2D eigenvalue weighted by Crippen LogP contribution is 2.19. The summed E-state index contributed by atoms with van der Waals surface area (Å²) in [5, 5.41) is 11.1. The highest BCUT2D eigenvalue weighted by Gasteiger charge is 2.37. The van der Waals surface area contributed by atoms with Crippen LogP contribution < -0.4 is 10.1 Å². The van der Waals surface area contributed by atoms with Crippen LogP contribution in [0.5, 0.6) is 5.75 Å². The Morgan fingerprint density at radius 2 is 1.95 bits per heavy atom. The summed E-state index contributed by atoms with van der Waals surface area (Å²) < 4.78 is 18.7. The first-order chi connectivity index (χ1) is 8.77. The molecule has 1 aromatic rings. The van der Waals surface area contributed by atoms with E-state index in [1.807, 2.05) is 0 Å². The first kappa shape index (κ1) is 14.9. The molecule has 0 saturated heterocycles. The lowest BCUT2D eigenvalue weighted by Crippen LogP contribution is -2.52. The Morgan fingerprint density at radius 1 is 1.37 bits per heavy atom. The molecule has 0 aliphatic heterocycles. The van der Waals surface area contributed by atoms with Gasteiger partial charge in [-0.05, 0) is 26.0 Å². The summed E-state index contributed by atoms with van der Waals surface area (Å²) >= 11 is 0. The van der Waals surface area contributed by atoms with Crippen molar-refractivity contribution in [2.75, 3.05) is 7.11 Å². The normalized spacial score (nSPS) is 12.6. The number of amides is 1. The summed E-state index contributed by atoms with van der Waals surface area (Å²) in [6.45, 7) is 2.18. The molecule has 1 unspecified atom stereocenters. The Bertz CT molecular complexity index is 482. The first-order valence-corrected chi connectivity index (χ1v) is 5.63. The van der Waals surface area contributed by atoms with Crippen molar-refractivity contribution < 1.29 is 23.8 Å². The third kappa shape index (κ3) is 3.67. The van der Waals surface area contributed by atoms with Crippen LogP contribution in [-0.2, 0) is 4.79 Å². The maximum atomic E-state index is 13.7. The number of alkyl halides is 1. The van der Waals surface area contributed by atoms with Gasteiger partial charge in [-0.15, -0.1) is 0 Å². The second kappa shape index (κ2) is 5.69. The summed E-state index contributed by atoms with van der Waals surface area (Å²) in [6, 6.07) is 4.67. The first-order valence-electron chi connectivity index (χ1n) is 5.63. The fourth-order valence-electron chi connectivity index (χ4n) is 1.57. The van der Waals surface area contributed by atoms with Gasteiger partial charge in [0.1, 0.15) is 11.4 Å². The zero-order valence-corrected chi connectivity index (χ0v) is 10.9. The molecule has 0 aliphatic rings. The minimum Gasteiger partial charge on any atom is -0.496 e. The number of para-hydroxylation sites is 1. The molecule has 0 aliphatic carbocycles. The molecule has 0 heterocycles. The Labute approximate surface area is 110 Å². The van der Waals surface area contributed by atoms with Crippen LogP contribution in [-0.4, -0.2) is 35.8 Å². The summed E-state index contributed by atoms with van der Waals surface area (Å²) in [4.78, 5) is 22.9. The SMILES string of the molecule is COc1ccccc1C(=O)NC(C(=O)O)C(C)(C)F. The van der Waals surface area contributed by atoms with Gasteiger partial charge in [0, 0.05) is 0 Å². The van der Waals surface area contributed by atoms with E-state index in [2.05, 4.69) is 5.32 Å². The van der Waals surface area contributed by atoms with Crippen molar-refractivity contribution in [1.29, 1.82) is 0 Å². The number of carbonyl (C=O) groups excluding carboxylic acids is 1. The average molecular weight is 269 g/mol. The number of rotatable bonds is 5. The van der Waals surface area contributed by atoms with Crippen LogP contribution in [0, 0.1) is 0 Å². The van der Waals surface area contributed by atoms with E-state index >= 15 is 0 Å². The van der Waals surface area contributed by atoms with Crippen molar-refractivity contribution in [2.24, 2.45) is 0 Å². The molecule has 1 aromatic carbocycles. The van der Waals surface area contributed by atoms with Crippen LogP contribution in [0.15, 0.2) is 24.3 Å². The van der Waals surface area contributed by atoms with Crippen molar-refractivity contribution >= 4 is 11.9 Å². The number of methoxy groups -OCH3 is 1.